The van der Waals surface area contributed by atoms with Gasteiger partial charge in [-0.15, -0.1) is 0 Å². The monoisotopic (exact) mass is 483 g/mol. The number of piperidine rings is 1. The van der Waals surface area contributed by atoms with Crippen molar-refractivity contribution in [2.75, 3.05) is 13.1 Å². The molecule has 2 aromatic rings. The van der Waals surface area contributed by atoms with Crippen LogP contribution in [0.5, 0.6) is 0 Å². The van der Waals surface area contributed by atoms with Gasteiger partial charge in [0.15, 0.2) is 0 Å². The van der Waals surface area contributed by atoms with E-state index in [4.69, 9.17) is 16.3 Å². The molecule has 1 aliphatic rings. The van der Waals surface area contributed by atoms with Crippen molar-refractivity contribution in [2.24, 2.45) is 0 Å². The Hall–Kier alpha value is -2.35. The molecule has 0 aliphatic carbocycles. The molecule has 180 valence electrons. The summed E-state index contributed by atoms with van der Waals surface area (Å²) in [6.07, 6.45) is -0.362. The Morgan fingerprint density at radius 1 is 1.12 bits per heavy atom. The lowest BCUT2D eigenvalue weighted by Crippen LogP contribution is -2.41. The molecule has 0 atom stereocenters. The number of aryl methyl sites for hydroxylation is 2. The quantitative estimate of drug-likeness (QED) is 0.459. The number of aromatic nitrogens is 2. The summed E-state index contributed by atoms with van der Waals surface area (Å²) in [6.45, 7) is 6.95. The number of carbonyl (C=O) groups is 1. The minimum atomic E-state index is -4.55. The first kappa shape index (κ1) is 25.3. The predicted octanol–water partition coefficient (Wildman–Crippen LogP) is 6.44. The van der Waals surface area contributed by atoms with Gasteiger partial charge in [0.2, 0.25) is 0 Å². The van der Waals surface area contributed by atoms with Crippen molar-refractivity contribution in [3.63, 3.8) is 0 Å². The van der Waals surface area contributed by atoms with Crippen LogP contribution in [0.4, 0.5) is 18.0 Å². The molecule has 9 heteroatoms. The van der Waals surface area contributed by atoms with Crippen LogP contribution in [0.25, 0.3) is 0 Å². The number of rotatable bonds is 5. The number of alkyl halides is 3. The molecule has 0 saturated carbocycles. The average molecular weight is 484 g/mol. The average Bonchev–Trinajstić information content (AvgIpc) is 2.72. The van der Waals surface area contributed by atoms with Gasteiger partial charge in [-0.2, -0.15) is 13.2 Å². The second-order valence-corrected chi connectivity index (χ2v) is 9.68. The molecule has 1 saturated heterocycles. The Morgan fingerprint density at radius 2 is 1.76 bits per heavy atom. The van der Waals surface area contributed by atoms with E-state index in [2.05, 4.69) is 34.2 Å². The van der Waals surface area contributed by atoms with Gasteiger partial charge in [-0.05, 0) is 63.5 Å². The van der Waals surface area contributed by atoms with Crippen LogP contribution >= 0.6 is 11.6 Å². The van der Waals surface area contributed by atoms with Crippen molar-refractivity contribution in [1.82, 2.24) is 14.9 Å². The Balaban J connectivity index is 1.46. The molecular formula is C24H29ClF3N3O2. The minimum absolute atomic E-state index is 0.255. The first-order valence-corrected chi connectivity index (χ1v) is 11.5. The molecule has 3 rings (SSSR count). The van der Waals surface area contributed by atoms with Crippen LogP contribution in [-0.4, -0.2) is 39.7 Å². The maximum absolute atomic E-state index is 12.7. The SMILES string of the molecule is CC(C)(C)OC(=O)N1CCC(c2ccc(CCCc3ncc(C(F)(F)F)c(Cl)n3)cc2)CC1. The largest absolute Gasteiger partial charge is 0.444 e. The fourth-order valence-electron chi connectivity index (χ4n) is 3.83. The zero-order valence-electron chi connectivity index (χ0n) is 19.1. The highest BCUT2D eigenvalue weighted by molar-refractivity contribution is 6.30. The van der Waals surface area contributed by atoms with Crippen LogP contribution in [0, 0.1) is 0 Å². The van der Waals surface area contributed by atoms with Gasteiger partial charge < -0.3 is 9.64 Å². The molecule has 0 spiro atoms. The third-order valence-corrected chi connectivity index (χ3v) is 5.85. The Morgan fingerprint density at radius 3 is 2.30 bits per heavy atom. The number of hydrogen-bond acceptors (Lipinski definition) is 4. The summed E-state index contributed by atoms with van der Waals surface area (Å²) in [7, 11) is 0. The lowest BCUT2D eigenvalue weighted by atomic mass is 9.89. The Labute approximate surface area is 197 Å². The number of benzene rings is 1. The second kappa shape index (κ2) is 10.3. The number of nitrogens with zero attached hydrogens (tertiary/aromatic N) is 3. The predicted molar refractivity (Wildman–Crippen MR) is 120 cm³/mol. The molecule has 1 aromatic carbocycles. The lowest BCUT2D eigenvalue weighted by Gasteiger charge is -2.33. The van der Waals surface area contributed by atoms with Crippen molar-refractivity contribution in [3.05, 3.63) is 58.1 Å². The first-order chi connectivity index (χ1) is 15.4. The van der Waals surface area contributed by atoms with E-state index in [9.17, 15) is 18.0 Å². The van der Waals surface area contributed by atoms with Crippen LogP contribution in [0.3, 0.4) is 0 Å². The zero-order chi connectivity index (χ0) is 24.2. The third kappa shape index (κ3) is 7.32. The maximum Gasteiger partial charge on any atom is 0.420 e. The van der Waals surface area contributed by atoms with E-state index in [0.717, 1.165) is 31.0 Å². The van der Waals surface area contributed by atoms with Gasteiger partial charge >= 0.3 is 12.3 Å². The topological polar surface area (TPSA) is 55.3 Å². The normalized spacial score (nSPS) is 15.5. The molecule has 33 heavy (non-hydrogen) atoms. The summed E-state index contributed by atoms with van der Waals surface area (Å²) < 4.78 is 43.7. The van der Waals surface area contributed by atoms with E-state index in [1.54, 1.807) is 4.90 Å². The molecule has 0 unspecified atom stereocenters. The number of ether oxygens (including phenoxy) is 1. The van der Waals surface area contributed by atoms with Crippen molar-refractivity contribution < 1.29 is 22.7 Å². The van der Waals surface area contributed by atoms with Gasteiger partial charge in [0.25, 0.3) is 0 Å². The first-order valence-electron chi connectivity index (χ1n) is 11.1. The molecule has 2 heterocycles. The number of carbonyl (C=O) groups excluding carboxylic acids is 1. The van der Waals surface area contributed by atoms with Crippen molar-refractivity contribution in [2.45, 2.75) is 70.6 Å². The van der Waals surface area contributed by atoms with Crippen molar-refractivity contribution in [1.29, 1.82) is 0 Å². The molecule has 1 fully saturated rings. The van der Waals surface area contributed by atoms with E-state index < -0.39 is 22.5 Å². The molecule has 5 nitrogen and oxygen atoms in total. The van der Waals surface area contributed by atoms with Crippen LogP contribution in [0.2, 0.25) is 5.15 Å². The fraction of sp³-hybridized carbons (Fsp3) is 0.542. The molecule has 0 bridgehead atoms. The smallest absolute Gasteiger partial charge is 0.420 e. The van der Waals surface area contributed by atoms with E-state index in [0.29, 0.717) is 37.7 Å². The molecule has 0 N–H and O–H groups in total. The number of amides is 1. The summed E-state index contributed by atoms with van der Waals surface area (Å²) in [5.74, 6) is 0.710. The summed E-state index contributed by atoms with van der Waals surface area (Å²) in [5, 5.41) is -0.561. The number of halogens is 4. The summed E-state index contributed by atoms with van der Waals surface area (Å²) >= 11 is 5.66. The fourth-order valence-corrected chi connectivity index (χ4v) is 4.09. The zero-order valence-corrected chi connectivity index (χ0v) is 19.8. The lowest BCUT2D eigenvalue weighted by molar-refractivity contribution is -0.138. The number of likely N-dealkylation sites (tertiary alicyclic amines) is 1. The second-order valence-electron chi connectivity index (χ2n) is 9.33. The maximum atomic E-state index is 12.7. The highest BCUT2D eigenvalue weighted by atomic mass is 35.5. The van der Waals surface area contributed by atoms with E-state index in [1.165, 1.54) is 5.56 Å². The van der Waals surface area contributed by atoms with Gasteiger partial charge in [-0.3, -0.25) is 0 Å². The Kier molecular flexibility index (Phi) is 7.88. The summed E-state index contributed by atoms with van der Waals surface area (Å²) in [4.78, 5) is 21.6. The molecule has 1 aromatic heterocycles. The van der Waals surface area contributed by atoms with Crippen LogP contribution < -0.4 is 0 Å². The molecule has 1 amide bonds. The van der Waals surface area contributed by atoms with Crippen LogP contribution in [0.15, 0.2) is 30.5 Å². The van der Waals surface area contributed by atoms with Gasteiger partial charge in [0, 0.05) is 25.7 Å². The highest BCUT2D eigenvalue weighted by Crippen LogP contribution is 2.33. The standard InChI is InChI=1S/C24H29ClF3N3O2/c1-23(2,3)33-22(32)31-13-11-18(12-14-31)17-9-7-16(8-10-17)5-4-6-20-29-15-19(21(25)30-20)24(26,27)28/h7-10,15,18H,4-6,11-14H2,1-3H3. The van der Waals surface area contributed by atoms with Gasteiger partial charge in [0.1, 0.15) is 22.1 Å². The van der Waals surface area contributed by atoms with Gasteiger partial charge in [-0.25, -0.2) is 14.8 Å². The van der Waals surface area contributed by atoms with E-state index in [1.807, 2.05) is 20.8 Å². The molecular weight excluding hydrogens is 455 g/mol. The van der Waals surface area contributed by atoms with Crippen molar-refractivity contribution in [3.8, 4) is 0 Å². The van der Waals surface area contributed by atoms with Gasteiger partial charge in [-0.1, -0.05) is 35.9 Å². The highest BCUT2D eigenvalue weighted by Gasteiger charge is 2.34. The van der Waals surface area contributed by atoms with E-state index >= 15 is 0 Å². The van der Waals surface area contributed by atoms with E-state index in [-0.39, 0.29) is 6.09 Å². The van der Waals surface area contributed by atoms with Gasteiger partial charge in [0.05, 0.1) is 0 Å². The minimum Gasteiger partial charge on any atom is -0.444 e. The summed E-state index contributed by atoms with van der Waals surface area (Å²) in [5.41, 5.74) is 0.887. The molecule has 1 aliphatic heterocycles. The third-order valence-electron chi connectivity index (χ3n) is 5.56. The van der Waals surface area contributed by atoms with Crippen molar-refractivity contribution >= 4 is 17.7 Å². The number of hydrogen-bond donors (Lipinski definition) is 0. The summed E-state index contributed by atoms with van der Waals surface area (Å²) in [6, 6.07) is 8.40. The van der Waals surface area contributed by atoms with Crippen LogP contribution in [0.1, 0.15) is 68.5 Å². The van der Waals surface area contributed by atoms with Crippen LogP contribution in [-0.2, 0) is 23.8 Å². The Bertz CT molecular complexity index is 951. The molecule has 0 radical (unpaired) electrons.